The number of nitrogens with zero attached hydrogens (tertiary/aromatic N) is 2. The lowest BCUT2D eigenvalue weighted by molar-refractivity contribution is 1.06. The van der Waals surface area contributed by atoms with Gasteiger partial charge in [-0.2, -0.15) is 0 Å². The molecular formula is C21H18N2. The fraction of sp³-hybridized carbons (Fsp3) is 0.0952. The molecule has 0 N–H and O–H groups in total. The van der Waals surface area contributed by atoms with Crippen molar-refractivity contribution < 1.29 is 5.48 Å². The van der Waals surface area contributed by atoms with Crippen molar-refractivity contribution in [2.24, 2.45) is 0 Å². The summed E-state index contributed by atoms with van der Waals surface area (Å²) in [4.78, 5) is 4.73. The average Bonchev–Trinajstić information content (AvgIpc) is 3.02. The largest absolute Gasteiger partial charge is 0.292 e. The number of hydrogen-bond acceptors (Lipinski definition) is 1. The molecule has 0 amide bonds. The van der Waals surface area contributed by atoms with E-state index in [0.29, 0.717) is 11.4 Å². The maximum Gasteiger partial charge on any atom is 0.145 e. The molecule has 0 bridgehead atoms. The maximum atomic E-state index is 8.37. The standard InChI is InChI=1S/C21H18N2/c1-15-9-8-10-16(2)20(15)23-19-14-7-6-13-18(19)22-21(23)17-11-4-3-5-12-17/h3-14H,1-2H3/i3D,4D,5D,11D. The molecule has 0 aliphatic rings. The first-order valence-electron chi connectivity index (χ1n) is 9.52. The highest BCUT2D eigenvalue weighted by Gasteiger charge is 2.16. The summed E-state index contributed by atoms with van der Waals surface area (Å²) in [6.45, 7) is 4.06. The van der Waals surface area contributed by atoms with E-state index in [1.165, 1.54) is 6.07 Å². The van der Waals surface area contributed by atoms with Crippen molar-refractivity contribution in [3.63, 3.8) is 0 Å². The Morgan fingerprint density at radius 1 is 0.870 bits per heavy atom. The lowest BCUT2D eigenvalue weighted by Crippen LogP contribution is -2.02. The number of para-hydroxylation sites is 3. The molecule has 0 unspecified atom stereocenters. The molecular weight excluding hydrogens is 280 g/mol. The Kier molecular flexibility index (Phi) is 2.35. The number of aromatic nitrogens is 2. The monoisotopic (exact) mass is 302 g/mol. The topological polar surface area (TPSA) is 17.8 Å². The fourth-order valence-corrected chi connectivity index (χ4v) is 2.99. The van der Waals surface area contributed by atoms with Gasteiger partial charge in [-0.25, -0.2) is 4.98 Å². The second-order valence-corrected chi connectivity index (χ2v) is 5.58. The first-order valence-corrected chi connectivity index (χ1v) is 7.52. The molecule has 3 aromatic carbocycles. The van der Waals surface area contributed by atoms with Crippen LogP contribution in [0.5, 0.6) is 0 Å². The molecule has 0 saturated carbocycles. The van der Waals surface area contributed by atoms with Crippen LogP contribution in [-0.2, 0) is 0 Å². The van der Waals surface area contributed by atoms with E-state index in [2.05, 4.69) is 0 Å². The van der Waals surface area contributed by atoms with Crippen molar-refractivity contribution in [3.05, 3.63) is 83.8 Å². The molecule has 23 heavy (non-hydrogen) atoms. The van der Waals surface area contributed by atoms with Gasteiger partial charge in [-0.3, -0.25) is 4.57 Å². The zero-order chi connectivity index (χ0) is 19.3. The van der Waals surface area contributed by atoms with Gasteiger partial charge in [-0.15, -0.1) is 0 Å². The van der Waals surface area contributed by atoms with Gasteiger partial charge in [0.1, 0.15) is 5.82 Å². The molecule has 1 aromatic heterocycles. The molecule has 2 nitrogen and oxygen atoms in total. The third kappa shape index (κ3) is 2.23. The van der Waals surface area contributed by atoms with Crippen LogP contribution in [0, 0.1) is 13.8 Å². The average molecular weight is 302 g/mol. The Morgan fingerprint density at radius 3 is 2.48 bits per heavy atom. The maximum absolute atomic E-state index is 8.37. The smallest absolute Gasteiger partial charge is 0.145 e. The van der Waals surface area contributed by atoms with Gasteiger partial charge in [0.05, 0.1) is 22.2 Å². The van der Waals surface area contributed by atoms with Gasteiger partial charge in [0.25, 0.3) is 0 Å². The van der Waals surface area contributed by atoms with Crippen LogP contribution in [0.15, 0.2) is 72.7 Å². The second-order valence-electron chi connectivity index (χ2n) is 5.58. The third-order valence-electron chi connectivity index (χ3n) is 4.01. The normalized spacial score (nSPS) is 13.5. The zero-order valence-corrected chi connectivity index (χ0v) is 13.0. The van der Waals surface area contributed by atoms with Gasteiger partial charge in [-0.05, 0) is 37.1 Å². The van der Waals surface area contributed by atoms with E-state index in [1.807, 2.05) is 60.9 Å². The van der Waals surface area contributed by atoms with Crippen molar-refractivity contribution in [1.82, 2.24) is 9.55 Å². The van der Waals surface area contributed by atoms with Gasteiger partial charge in [0.15, 0.2) is 0 Å². The van der Waals surface area contributed by atoms with Gasteiger partial charge < -0.3 is 0 Å². The van der Waals surface area contributed by atoms with E-state index < -0.39 is 0 Å². The SMILES string of the molecule is [2H]c1cc(-c2nc3ccccc3n2-c2c(C)cccc2C)c([2H])c([2H])c1[2H]. The fourth-order valence-electron chi connectivity index (χ4n) is 2.99. The summed E-state index contributed by atoms with van der Waals surface area (Å²) < 4.78 is 34.2. The van der Waals surface area contributed by atoms with Crippen LogP contribution in [0.3, 0.4) is 0 Å². The van der Waals surface area contributed by atoms with Crippen molar-refractivity contribution in [2.75, 3.05) is 0 Å². The predicted octanol–water partition coefficient (Wildman–Crippen LogP) is 5.31. The molecule has 1 heterocycles. The molecule has 112 valence electrons. The highest BCUT2D eigenvalue weighted by atomic mass is 15.1. The lowest BCUT2D eigenvalue weighted by atomic mass is 10.1. The minimum atomic E-state index is -0.252. The molecule has 0 aliphatic carbocycles. The Bertz CT molecular complexity index is 1170. The number of rotatable bonds is 2. The van der Waals surface area contributed by atoms with Crippen LogP contribution < -0.4 is 0 Å². The van der Waals surface area contributed by atoms with E-state index in [0.717, 1.165) is 27.8 Å². The highest BCUT2D eigenvalue weighted by molar-refractivity contribution is 5.84. The van der Waals surface area contributed by atoms with E-state index in [4.69, 9.17) is 10.5 Å². The summed E-state index contributed by atoms with van der Waals surface area (Å²) in [6, 6.07) is 14.6. The van der Waals surface area contributed by atoms with Crippen molar-refractivity contribution >= 4 is 11.0 Å². The first-order chi connectivity index (χ1) is 12.9. The summed E-state index contributed by atoms with van der Waals surface area (Å²) in [5, 5.41) is 0. The van der Waals surface area contributed by atoms with E-state index >= 15 is 0 Å². The van der Waals surface area contributed by atoms with Crippen molar-refractivity contribution in [1.29, 1.82) is 0 Å². The zero-order valence-electron chi connectivity index (χ0n) is 17.0. The minimum absolute atomic E-state index is 0.0777. The summed E-state index contributed by atoms with van der Waals surface area (Å²) >= 11 is 0. The minimum Gasteiger partial charge on any atom is -0.292 e. The summed E-state index contributed by atoms with van der Waals surface area (Å²) in [6.07, 6.45) is 0. The molecule has 4 rings (SSSR count). The summed E-state index contributed by atoms with van der Waals surface area (Å²) in [7, 11) is 0. The van der Waals surface area contributed by atoms with Crippen LogP contribution in [0.2, 0.25) is 0 Å². The molecule has 0 atom stereocenters. The quantitative estimate of drug-likeness (QED) is 0.490. The number of fused-ring (bicyclic) bond motifs is 1. The molecule has 0 radical (unpaired) electrons. The number of aryl methyl sites for hydroxylation is 2. The Morgan fingerprint density at radius 2 is 1.65 bits per heavy atom. The van der Waals surface area contributed by atoms with Crippen molar-refractivity contribution in [3.8, 4) is 17.1 Å². The lowest BCUT2D eigenvalue weighted by Gasteiger charge is -2.15. The van der Waals surface area contributed by atoms with E-state index in [1.54, 1.807) is 0 Å². The summed E-state index contributed by atoms with van der Waals surface area (Å²) in [5.74, 6) is 0.514. The molecule has 0 saturated heterocycles. The highest BCUT2D eigenvalue weighted by Crippen LogP contribution is 2.31. The van der Waals surface area contributed by atoms with Crippen LogP contribution in [-0.4, -0.2) is 9.55 Å². The Balaban J connectivity index is 2.16. The predicted molar refractivity (Wildman–Crippen MR) is 96.0 cm³/mol. The molecule has 2 heteroatoms. The van der Waals surface area contributed by atoms with E-state index in [-0.39, 0.29) is 24.2 Å². The summed E-state index contributed by atoms with van der Waals surface area (Å²) in [5.41, 5.74) is 5.19. The van der Waals surface area contributed by atoms with Gasteiger partial charge >= 0.3 is 0 Å². The third-order valence-corrected chi connectivity index (χ3v) is 4.01. The second kappa shape index (κ2) is 5.40. The van der Waals surface area contributed by atoms with Crippen LogP contribution in [0.1, 0.15) is 16.6 Å². The van der Waals surface area contributed by atoms with Crippen LogP contribution in [0.4, 0.5) is 0 Å². The van der Waals surface area contributed by atoms with Crippen molar-refractivity contribution in [2.45, 2.75) is 13.8 Å². The Labute approximate surface area is 141 Å². The number of hydrogen-bond donors (Lipinski definition) is 0. The molecule has 4 aromatic rings. The van der Waals surface area contributed by atoms with Crippen LogP contribution >= 0.6 is 0 Å². The number of imidazole rings is 1. The Hall–Kier alpha value is -2.87. The van der Waals surface area contributed by atoms with Crippen LogP contribution in [0.25, 0.3) is 28.1 Å². The number of benzene rings is 3. The van der Waals surface area contributed by atoms with Gasteiger partial charge in [0.2, 0.25) is 0 Å². The van der Waals surface area contributed by atoms with Gasteiger partial charge in [-0.1, -0.05) is 60.6 Å². The first kappa shape index (κ1) is 10.0. The van der Waals surface area contributed by atoms with Gasteiger partial charge in [0, 0.05) is 5.56 Å². The molecule has 0 spiro atoms. The van der Waals surface area contributed by atoms with E-state index in [9.17, 15) is 0 Å². The molecule has 0 aliphatic heterocycles. The molecule has 0 fully saturated rings.